The van der Waals surface area contributed by atoms with Crippen molar-refractivity contribution in [2.24, 2.45) is 5.73 Å². The number of nitrogens with one attached hydrogen (secondary N) is 1. The maximum absolute atomic E-state index is 12.3. The van der Waals surface area contributed by atoms with Gasteiger partial charge in [0.2, 0.25) is 0 Å². The lowest BCUT2D eigenvalue weighted by molar-refractivity contribution is 0.427. The van der Waals surface area contributed by atoms with Gasteiger partial charge in [-0.15, -0.1) is 0 Å². The smallest absolute Gasteiger partial charge is 0.126 e. The molecule has 2 aromatic heterocycles. The summed E-state index contributed by atoms with van der Waals surface area (Å²) in [7, 11) is 0. The summed E-state index contributed by atoms with van der Waals surface area (Å²) < 4.78 is 13.7. The van der Waals surface area contributed by atoms with Crippen molar-refractivity contribution in [3.8, 4) is 11.3 Å². The van der Waals surface area contributed by atoms with E-state index in [0.29, 0.717) is 11.3 Å². The van der Waals surface area contributed by atoms with Gasteiger partial charge in [0.15, 0.2) is 0 Å². The number of nitrogens with two attached hydrogens (primary N) is 1. The fourth-order valence-electron chi connectivity index (χ4n) is 1.54. The average molecular weight is 233 g/mol. The van der Waals surface area contributed by atoms with E-state index in [0.717, 1.165) is 5.56 Å². The van der Waals surface area contributed by atoms with Gasteiger partial charge >= 0.3 is 0 Å². The van der Waals surface area contributed by atoms with Crippen LogP contribution in [0.4, 0.5) is 4.39 Å². The van der Waals surface area contributed by atoms with E-state index in [1.807, 2.05) is 6.07 Å². The average Bonchev–Trinajstić information content (AvgIpc) is 2.75. The standard InChI is InChI=1S/C11H12FN5/c12-3-5-17-7-9(11(13)14)10(16-17)8-2-1-4-15-6-8/h1-2,4,6-7H,3,5H2,(H3,13,14). The van der Waals surface area contributed by atoms with E-state index in [9.17, 15) is 4.39 Å². The minimum Gasteiger partial charge on any atom is -0.384 e. The molecule has 0 amide bonds. The van der Waals surface area contributed by atoms with Gasteiger partial charge in [-0.25, -0.2) is 4.39 Å². The van der Waals surface area contributed by atoms with Crippen LogP contribution in [0.15, 0.2) is 30.7 Å². The number of nitrogens with zero attached hydrogens (tertiary/aromatic N) is 3. The largest absolute Gasteiger partial charge is 0.384 e. The van der Waals surface area contributed by atoms with Crippen LogP contribution in [0.25, 0.3) is 11.3 Å². The Morgan fingerprint density at radius 1 is 1.53 bits per heavy atom. The Hall–Kier alpha value is -2.24. The number of alkyl halides is 1. The van der Waals surface area contributed by atoms with Crippen LogP contribution in [-0.4, -0.2) is 27.3 Å². The lowest BCUT2D eigenvalue weighted by atomic mass is 10.1. The van der Waals surface area contributed by atoms with Crippen molar-refractivity contribution in [1.29, 1.82) is 5.41 Å². The molecule has 2 rings (SSSR count). The van der Waals surface area contributed by atoms with E-state index >= 15 is 0 Å². The molecule has 17 heavy (non-hydrogen) atoms. The van der Waals surface area contributed by atoms with Crippen LogP contribution < -0.4 is 5.73 Å². The Bertz CT molecular complexity index is 520. The lowest BCUT2D eigenvalue weighted by Gasteiger charge is -1.98. The molecule has 0 aromatic carbocycles. The van der Waals surface area contributed by atoms with Gasteiger partial charge in [0.05, 0.1) is 12.1 Å². The van der Waals surface area contributed by atoms with E-state index < -0.39 is 6.67 Å². The first-order chi connectivity index (χ1) is 8.22. The summed E-state index contributed by atoms with van der Waals surface area (Å²) >= 11 is 0. The number of aryl methyl sites for hydroxylation is 1. The predicted molar refractivity (Wildman–Crippen MR) is 62.4 cm³/mol. The number of hydrogen-bond donors (Lipinski definition) is 2. The van der Waals surface area contributed by atoms with Crippen LogP contribution in [0, 0.1) is 5.41 Å². The highest BCUT2D eigenvalue weighted by molar-refractivity contribution is 6.00. The Morgan fingerprint density at radius 3 is 2.94 bits per heavy atom. The van der Waals surface area contributed by atoms with Gasteiger partial charge in [-0.3, -0.25) is 15.1 Å². The van der Waals surface area contributed by atoms with Crippen molar-refractivity contribution >= 4 is 5.84 Å². The highest BCUT2D eigenvalue weighted by Crippen LogP contribution is 2.20. The minimum absolute atomic E-state index is 0.0889. The first-order valence-corrected chi connectivity index (χ1v) is 5.10. The molecule has 0 aliphatic heterocycles. The fourth-order valence-corrected chi connectivity index (χ4v) is 1.54. The third-order valence-corrected chi connectivity index (χ3v) is 2.30. The Balaban J connectivity index is 2.48. The lowest BCUT2D eigenvalue weighted by Crippen LogP contribution is -2.11. The molecule has 0 bridgehead atoms. The van der Waals surface area contributed by atoms with E-state index in [4.69, 9.17) is 11.1 Å². The quantitative estimate of drug-likeness (QED) is 0.615. The molecule has 2 heterocycles. The molecule has 0 aliphatic carbocycles. The van der Waals surface area contributed by atoms with Crippen LogP contribution in [0.2, 0.25) is 0 Å². The highest BCUT2D eigenvalue weighted by Gasteiger charge is 2.13. The summed E-state index contributed by atoms with van der Waals surface area (Å²) in [6.45, 7) is -0.355. The van der Waals surface area contributed by atoms with Crippen molar-refractivity contribution in [2.45, 2.75) is 6.54 Å². The molecule has 0 unspecified atom stereocenters. The first-order valence-electron chi connectivity index (χ1n) is 5.10. The van der Waals surface area contributed by atoms with Gasteiger partial charge in [-0.2, -0.15) is 5.10 Å². The van der Waals surface area contributed by atoms with E-state index in [-0.39, 0.29) is 12.4 Å². The molecule has 0 atom stereocenters. The number of halogens is 1. The second-order valence-electron chi connectivity index (χ2n) is 3.50. The third-order valence-electron chi connectivity index (χ3n) is 2.30. The van der Waals surface area contributed by atoms with Crippen molar-refractivity contribution in [3.63, 3.8) is 0 Å². The molecule has 3 N–H and O–H groups in total. The monoisotopic (exact) mass is 233 g/mol. The minimum atomic E-state index is -0.508. The number of amidine groups is 1. The summed E-state index contributed by atoms with van der Waals surface area (Å²) in [5.41, 5.74) is 7.28. The van der Waals surface area contributed by atoms with E-state index in [1.54, 1.807) is 24.7 Å². The number of hydrogen-bond acceptors (Lipinski definition) is 3. The molecule has 0 saturated heterocycles. The molecule has 0 spiro atoms. The number of rotatable bonds is 4. The Labute approximate surface area is 97.6 Å². The first kappa shape index (κ1) is 11.3. The van der Waals surface area contributed by atoms with Gasteiger partial charge in [0.25, 0.3) is 0 Å². The maximum Gasteiger partial charge on any atom is 0.126 e. The molecule has 0 aliphatic rings. The maximum atomic E-state index is 12.3. The van der Waals surface area contributed by atoms with Crippen LogP contribution in [0.5, 0.6) is 0 Å². The van der Waals surface area contributed by atoms with Crippen molar-refractivity contribution in [1.82, 2.24) is 14.8 Å². The van der Waals surface area contributed by atoms with Crippen LogP contribution in [0.3, 0.4) is 0 Å². The third kappa shape index (κ3) is 2.30. The SMILES string of the molecule is N=C(N)c1cn(CCF)nc1-c1cccnc1. The Kier molecular flexibility index (Phi) is 3.13. The molecule has 2 aromatic rings. The molecular weight excluding hydrogens is 221 g/mol. The molecule has 88 valence electrons. The second kappa shape index (κ2) is 4.73. The van der Waals surface area contributed by atoms with Crippen molar-refractivity contribution in [3.05, 3.63) is 36.3 Å². The zero-order chi connectivity index (χ0) is 12.3. The van der Waals surface area contributed by atoms with Crippen molar-refractivity contribution in [2.75, 3.05) is 6.67 Å². The summed E-state index contributed by atoms with van der Waals surface area (Å²) in [4.78, 5) is 3.98. The van der Waals surface area contributed by atoms with E-state index in [2.05, 4.69) is 10.1 Å². The van der Waals surface area contributed by atoms with Gasteiger partial charge in [-0.05, 0) is 12.1 Å². The van der Waals surface area contributed by atoms with E-state index in [1.165, 1.54) is 4.68 Å². The summed E-state index contributed by atoms with van der Waals surface area (Å²) in [6, 6.07) is 3.59. The van der Waals surface area contributed by atoms with Crippen LogP contribution >= 0.6 is 0 Å². The summed E-state index contributed by atoms with van der Waals surface area (Å²) in [6.07, 6.45) is 4.86. The van der Waals surface area contributed by atoms with Gasteiger partial charge in [0, 0.05) is 24.2 Å². The summed E-state index contributed by atoms with van der Waals surface area (Å²) in [5, 5.41) is 11.7. The Morgan fingerprint density at radius 2 is 2.35 bits per heavy atom. The number of pyridine rings is 1. The zero-order valence-electron chi connectivity index (χ0n) is 9.10. The van der Waals surface area contributed by atoms with Gasteiger partial charge < -0.3 is 5.73 Å². The van der Waals surface area contributed by atoms with Crippen LogP contribution in [-0.2, 0) is 6.54 Å². The molecule has 6 heteroatoms. The second-order valence-corrected chi connectivity index (χ2v) is 3.50. The van der Waals surface area contributed by atoms with Gasteiger partial charge in [0.1, 0.15) is 18.2 Å². The molecular formula is C11H12FN5. The summed E-state index contributed by atoms with van der Waals surface area (Å²) in [5.74, 6) is -0.0889. The van der Waals surface area contributed by atoms with Crippen molar-refractivity contribution < 1.29 is 4.39 Å². The molecule has 0 radical (unpaired) electrons. The molecule has 5 nitrogen and oxygen atoms in total. The fraction of sp³-hybridized carbons (Fsp3) is 0.182. The topological polar surface area (TPSA) is 80.6 Å². The number of aromatic nitrogens is 3. The normalized spacial score (nSPS) is 10.4. The molecule has 0 fully saturated rings. The van der Waals surface area contributed by atoms with Gasteiger partial charge in [-0.1, -0.05) is 0 Å². The van der Waals surface area contributed by atoms with Crippen LogP contribution in [0.1, 0.15) is 5.56 Å². The highest BCUT2D eigenvalue weighted by atomic mass is 19.1. The molecule has 0 saturated carbocycles. The zero-order valence-corrected chi connectivity index (χ0v) is 9.10. The predicted octanol–water partition coefficient (Wildman–Crippen LogP) is 1.20. The number of nitrogen functional groups attached to an aromatic ring is 1.